The fourth-order valence-corrected chi connectivity index (χ4v) is 12.3. The van der Waals surface area contributed by atoms with Gasteiger partial charge in [-0.3, -0.25) is 37.3 Å². The van der Waals surface area contributed by atoms with Crippen molar-refractivity contribution in [3.63, 3.8) is 0 Å². The van der Waals surface area contributed by atoms with Crippen molar-refractivity contribution in [2.75, 3.05) is 39.6 Å². The highest BCUT2D eigenvalue weighted by atomic mass is 31.2. The number of carbonyl (C=O) groups excluding carboxylic acids is 4. The molecule has 5 atom stereocenters. The Hall–Kier alpha value is -1.94. The van der Waals surface area contributed by atoms with Gasteiger partial charge in [0.05, 0.1) is 26.4 Å². The minimum absolute atomic E-state index is 0.102. The van der Waals surface area contributed by atoms with Crippen LogP contribution in [0.25, 0.3) is 0 Å². The molecule has 0 saturated carbocycles. The molecule has 19 heteroatoms. The first-order chi connectivity index (χ1) is 43.4. The average Bonchev–Trinajstić information content (AvgIpc) is 3.66. The predicted molar refractivity (Wildman–Crippen MR) is 363 cm³/mol. The molecule has 17 nitrogen and oxygen atoms in total. The van der Waals surface area contributed by atoms with E-state index < -0.39 is 97.5 Å². The lowest BCUT2D eigenvalue weighted by atomic mass is 10.0. The summed E-state index contributed by atoms with van der Waals surface area (Å²) in [6, 6.07) is 0. The van der Waals surface area contributed by atoms with Crippen LogP contribution in [0.4, 0.5) is 0 Å². The van der Waals surface area contributed by atoms with Crippen LogP contribution >= 0.6 is 15.6 Å². The lowest BCUT2D eigenvalue weighted by Crippen LogP contribution is -2.30. The molecular weight excluding hydrogens is 1190 g/mol. The first kappa shape index (κ1) is 88.1. The van der Waals surface area contributed by atoms with Gasteiger partial charge in [0, 0.05) is 25.7 Å². The molecule has 0 bridgehead atoms. The Labute approximate surface area is 549 Å². The molecule has 90 heavy (non-hydrogen) atoms. The number of hydrogen-bond acceptors (Lipinski definition) is 15. The van der Waals surface area contributed by atoms with E-state index in [1.165, 1.54) is 180 Å². The molecule has 0 aromatic carbocycles. The van der Waals surface area contributed by atoms with Crippen molar-refractivity contribution in [3.05, 3.63) is 0 Å². The van der Waals surface area contributed by atoms with E-state index in [-0.39, 0.29) is 25.7 Å². The van der Waals surface area contributed by atoms with Crippen molar-refractivity contribution in [1.29, 1.82) is 0 Å². The largest absolute Gasteiger partial charge is 0.472 e. The van der Waals surface area contributed by atoms with Crippen LogP contribution in [0.15, 0.2) is 0 Å². The van der Waals surface area contributed by atoms with E-state index in [4.69, 9.17) is 37.0 Å². The molecule has 0 radical (unpaired) electrons. The minimum Gasteiger partial charge on any atom is -0.462 e. The molecule has 0 aliphatic heterocycles. The molecule has 0 aromatic heterocycles. The second-order valence-corrected chi connectivity index (χ2v) is 29.5. The maximum absolute atomic E-state index is 13.0. The van der Waals surface area contributed by atoms with E-state index in [0.29, 0.717) is 31.6 Å². The van der Waals surface area contributed by atoms with Crippen LogP contribution in [-0.4, -0.2) is 96.7 Å². The Morgan fingerprint density at radius 2 is 0.511 bits per heavy atom. The summed E-state index contributed by atoms with van der Waals surface area (Å²) in [7, 11) is -9.90. The van der Waals surface area contributed by atoms with Gasteiger partial charge >= 0.3 is 39.5 Å². The van der Waals surface area contributed by atoms with Crippen molar-refractivity contribution >= 4 is 39.5 Å². The van der Waals surface area contributed by atoms with E-state index in [1.54, 1.807) is 0 Å². The molecule has 0 rings (SSSR count). The lowest BCUT2D eigenvalue weighted by molar-refractivity contribution is -0.161. The number of hydrogen-bond donors (Lipinski definition) is 3. The number of aliphatic hydroxyl groups is 1. The van der Waals surface area contributed by atoms with Gasteiger partial charge in [-0.2, -0.15) is 0 Å². The Balaban J connectivity index is 5.19. The zero-order valence-corrected chi connectivity index (χ0v) is 60.2. The third kappa shape index (κ3) is 64.8. The fraction of sp³-hybridized carbons (Fsp3) is 0.944. The molecule has 0 heterocycles. The molecule has 3 N–H and O–H groups in total. The Morgan fingerprint density at radius 3 is 0.756 bits per heavy atom. The molecule has 0 spiro atoms. The predicted octanol–water partition coefficient (Wildman–Crippen LogP) is 20.4. The van der Waals surface area contributed by atoms with Gasteiger partial charge in [0.2, 0.25) is 0 Å². The lowest BCUT2D eigenvalue weighted by Gasteiger charge is -2.21. The van der Waals surface area contributed by atoms with Crippen LogP contribution in [-0.2, 0) is 65.4 Å². The van der Waals surface area contributed by atoms with Crippen molar-refractivity contribution in [3.8, 4) is 0 Å². The van der Waals surface area contributed by atoms with Gasteiger partial charge < -0.3 is 33.8 Å². The van der Waals surface area contributed by atoms with Gasteiger partial charge in [-0.1, -0.05) is 311 Å². The number of ether oxygens (including phenoxy) is 4. The number of phosphoric acid groups is 2. The molecule has 534 valence electrons. The Kier molecular flexibility index (Phi) is 61.8. The van der Waals surface area contributed by atoms with Crippen molar-refractivity contribution in [2.24, 2.45) is 11.8 Å². The van der Waals surface area contributed by atoms with Gasteiger partial charge in [0.1, 0.15) is 19.3 Å². The number of rotatable bonds is 70. The summed E-state index contributed by atoms with van der Waals surface area (Å²) in [6.07, 6.45) is 48.9. The summed E-state index contributed by atoms with van der Waals surface area (Å²) in [5.41, 5.74) is 0. The molecule has 0 fully saturated rings. The van der Waals surface area contributed by atoms with E-state index in [0.717, 1.165) is 95.8 Å². The van der Waals surface area contributed by atoms with Crippen molar-refractivity contribution in [2.45, 2.75) is 381 Å². The topological polar surface area (TPSA) is 237 Å². The molecule has 0 amide bonds. The van der Waals surface area contributed by atoms with Crippen LogP contribution in [0.1, 0.15) is 363 Å². The first-order valence-corrected chi connectivity index (χ1v) is 40.0. The fourth-order valence-electron chi connectivity index (χ4n) is 10.8. The second kappa shape index (κ2) is 63.1. The van der Waals surface area contributed by atoms with E-state index in [2.05, 4.69) is 41.5 Å². The minimum atomic E-state index is -4.95. The third-order valence-corrected chi connectivity index (χ3v) is 18.4. The highest BCUT2D eigenvalue weighted by molar-refractivity contribution is 7.47. The SMILES string of the molecule is CCCCCCCCCCCCCCCCCCCCCC(=O)O[C@H](COC(=O)CCCCCCCCCCCCC(C)C)COP(=O)(O)OC[C@@H](O)COP(=O)(O)OC[C@@H](COC(=O)CCCCCCCCCCC)OC(=O)CCCCCCCCC(C)C. The van der Waals surface area contributed by atoms with Crippen LogP contribution < -0.4 is 0 Å². The van der Waals surface area contributed by atoms with Gasteiger partial charge in [-0.15, -0.1) is 0 Å². The summed E-state index contributed by atoms with van der Waals surface area (Å²) in [4.78, 5) is 72.5. The molecule has 0 saturated heterocycles. The third-order valence-electron chi connectivity index (χ3n) is 16.5. The molecule has 0 aliphatic rings. The average molecular weight is 1330 g/mol. The Bertz CT molecular complexity index is 1750. The van der Waals surface area contributed by atoms with E-state index in [9.17, 15) is 43.2 Å². The molecular formula is C71H138O17P2. The summed E-state index contributed by atoms with van der Waals surface area (Å²) in [5.74, 6) is -0.701. The summed E-state index contributed by atoms with van der Waals surface area (Å²) in [6.45, 7) is 9.44. The number of carbonyl (C=O) groups is 4. The molecule has 0 aromatic rings. The van der Waals surface area contributed by atoms with Gasteiger partial charge in [-0.05, 0) is 37.5 Å². The van der Waals surface area contributed by atoms with Gasteiger partial charge in [0.25, 0.3) is 0 Å². The van der Waals surface area contributed by atoms with Gasteiger partial charge in [-0.25, -0.2) is 9.13 Å². The highest BCUT2D eigenvalue weighted by Gasteiger charge is 2.30. The maximum Gasteiger partial charge on any atom is 0.472 e. The maximum atomic E-state index is 13.0. The van der Waals surface area contributed by atoms with E-state index in [1.807, 2.05) is 0 Å². The smallest absolute Gasteiger partial charge is 0.462 e. The monoisotopic (exact) mass is 1320 g/mol. The second-order valence-electron chi connectivity index (χ2n) is 26.6. The molecule has 2 unspecified atom stereocenters. The summed E-state index contributed by atoms with van der Waals surface area (Å²) < 4.78 is 68.2. The highest BCUT2D eigenvalue weighted by Crippen LogP contribution is 2.45. The zero-order valence-electron chi connectivity index (χ0n) is 58.4. The summed E-state index contributed by atoms with van der Waals surface area (Å²) in [5, 5.41) is 10.6. The van der Waals surface area contributed by atoms with E-state index >= 15 is 0 Å². The van der Waals surface area contributed by atoms with Crippen LogP contribution in [0.2, 0.25) is 0 Å². The number of phosphoric ester groups is 2. The number of esters is 4. The van der Waals surface area contributed by atoms with Crippen molar-refractivity contribution < 1.29 is 80.2 Å². The Morgan fingerprint density at radius 1 is 0.300 bits per heavy atom. The summed E-state index contributed by atoms with van der Waals surface area (Å²) >= 11 is 0. The zero-order chi connectivity index (χ0) is 66.5. The van der Waals surface area contributed by atoms with Crippen LogP contribution in [0.5, 0.6) is 0 Å². The van der Waals surface area contributed by atoms with Crippen molar-refractivity contribution in [1.82, 2.24) is 0 Å². The number of unbranched alkanes of at least 4 members (excludes halogenated alkanes) is 40. The quantitative estimate of drug-likeness (QED) is 0.0222. The normalized spacial score (nSPS) is 14.1. The van der Waals surface area contributed by atoms with Crippen LogP contribution in [0.3, 0.4) is 0 Å². The standard InChI is InChI=1S/C71H138O17P2/c1-7-9-11-13-15-17-18-19-20-21-22-23-24-25-26-32-36-43-49-55-70(75)87-66(59-82-69(74)54-48-42-35-31-28-27-30-33-39-45-51-63(3)4)61-85-89(77,78)83-57-65(72)58-84-90(79,80)86-62-67(88-71(76)56-50-44-38-37-40-46-52-64(5)6)60-81-68(73)53-47-41-34-29-16-14-12-10-8-2/h63-67,72H,7-62H2,1-6H3,(H,77,78)(H,79,80)/t65-,66-,67-/m1/s1. The molecule has 0 aliphatic carbocycles. The first-order valence-electron chi connectivity index (χ1n) is 37.0. The number of aliphatic hydroxyl groups excluding tert-OH is 1. The van der Waals surface area contributed by atoms with Gasteiger partial charge in [0.15, 0.2) is 12.2 Å². The van der Waals surface area contributed by atoms with Crippen LogP contribution in [0, 0.1) is 11.8 Å².